The lowest BCUT2D eigenvalue weighted by molar-refractivity contribution is 1.07. The summed E-state index contributed by atoms with van der Waals surface area (Å²) in [5.74, 6) is 1.94. The Hall–Kier alpha value is -8.77. The van der Waals surface area contributed by atoms with E-state index in [1.54, 1.807) is 0 Å². The van der Waals surface area contributed by atoms with Crippen molar-refractivity contribution in [1.29, 1.82) is 0 Å². The van der Waals surface area contributed by atoms with Gasteiger partial charge in [-0.05, 0) is 84.5 Å². The van der Waals surface area contributed by atoms with Gasteiger partial charge in [0.2, 0.25) is 0 Å². The molecule has 0 saturated heterocycles. The Morgan fingerprint density at radius 3 is 1.43 bits per heavy atom. The zero-order valence-corrected chi connectivity index (χ0v) is 38.0. The highest BCUT2D eigenvalue weighted by Crippen LogP contribution is 2.38. The first-order valence-corrected chi connectivity index (χ1v) is 25.2. The van der Waals surface area contributed by atoms with Crippen LogP contribution >= 0.6 is 0 Å². The van der Waals surface area contributed by atoms with Crippen molar-refractivity contribution in [1.82, 2.24) is 19.5 Å². The van der Waals surface area contributed by atoms with Crippen LogP contribution in [0, 0.1) is 0 Å². The maximum absolute atomic E-state index is 4.97. The van der Waals surface area contributed by atoms with Crippen molar-refractivity contribution in [2.45, 2.75) is 0 Å². The second-order valence-electron chi connectivity index (χ2n) is 17.5. The van der Waals surface area contributed by atoms with Gasteiger partial charge in [0, 0.05) is 33.2 Å². The predicted octanol–water partition coefficient (Wildman–Crippen LogP) is 12.7. The molecule has 5 heteroatoms. The van der Waals surface area contributed by atoms with Gasteiger partial charge in [-0.25, -0.2) is 15.0 Å². The monoisotopic (exact) mass is 882 g/mol. The fraction of sp³-hybridized carbons (Fsp3) is 0. The Labute approximate surface area is 396 Å². The molecule has 0 saturated carbocycles. The highest BCUT2D eigenvalue weighted by atomic mass is 28.3. The molecule has 0 fully saturated rings. The molecule has 2 aromatic heterocycles. The van der Waals surface area contributed by atoms with Crippen molar-refractivity contribution < 1.29 is 0 Å². The van der Waals surface area contributed by atoms with E-state index >= 15 is 0 Å². The number of para-hydroxylation sites is 1. The number of hydrogen-bond donors (Lipinski definition) is 0. The van der Waals surface area contributed by atoms with Gasteiger partial charge < -0.3 is 4.57 Å². The predicted molar refractivity (Wildman–Crippen MR) is 284 cm³/mol. The molecule has 1 aliphatic heterocycles. The van der Waals surface area contributed by atoms with Crippen LogP contribution in [0.25, 0.3) is 95.0 Å². The second kappa shape index (κ2) is 16.3. The highest BCUT2D eigenvalue weighted by Gasteiger charge is 2.49. The van der Waals surface area contributed by atoms with Gasteiger partial charge in [-0.15, -0.1) is 0 Å². The van der Waals surface area contributed by atoms with Gasteiger partial charge in [-0.1, -0.05) is 224 Å². The molecule has 0 bridgehead atoms. The molecule has 0 amide bonds. The van der Waals surface area contributed by atoms with E-state index in [-0.39, 0.29) is 0 Å². The van der Waals surface area contributed by atoms with Crippen LogP contribution in [0.5, 0.6) is 0 Å². The van der Waals surface area contributed by atoms with Crippen LogP contribution in [-0.2, 0) is 0 Å². The zero-order chi connectivity index (χ0) is 45.0. The van der Waals surface area contributed by atoms with Crippen molar-refractivity contribution in [3.63, 3.8) is 0 Å². The Morgan fingerprint density at radius 2 is 0.765 bits per heavy atom. The molecular weight excluding hydrogens is 841 g/mol. The van der Waals surface area contributed by atoms with Crippen molar-refractivity contribution in [2.24, 2.45) is 0 Å². The van der Waals surface area contributed by atoms with E-state index in [0.717, 1.165) is 33.5 Å². The van der Waals surface area contributed by atoms with Crippen LogP contribution in [0.3, 0.4) is 0 Å². The summed E-state index contributed by atoms with van der Waals surface area (Å²) in [7, 11) is -2.74. The number of hydrogen-bond acceptors (Lipinski definition) is 3. The average molecular weight is 883 g/mol. The number of rotatable bonds is 8. The van der Waals surface area contributed by atoms with Gasteiger partial charge in [0.15, 0.2) is 25.5 Å². The normalized spacial score (nSPS) is 12.5. The Kier molecular flexibility index (Phi) is 9.48. The van der Waals surface area contributed by atoms with Gasteiger partial charge >= 0.3 is 0 Å². The van der Waals surface area contributed by atoms with E-state index in [1.165, 1.54) is 64.8 Å². The Balaban J connectivity index is 0.915. The highest BCUT2D eigenvalue weighted by molar-refractivity contribution is 7.22. The molecule has 3 heterocycles. The summed E-state index contributed by atoms with van der Waals surface area (Å²) in [5.41, 5.74) is 13.8. The SMILES string of the molecule is c1ccc(-c2nc(-c3ccccc3)nc(-c3ccc(-c4ccc5c(c4)c4ccccc4n5-c4cccc(-c5cccc6c5[Si](c5ccccc5)(c5ccccc5)c5ccccc5-6)c4)cc3)n2)cc1. The minimum Gasteiger partial charge on any atom is -0.309 e. The molecule has 4 nitrogen and oxygen atoms in total. The fourth-order valence-electron chi connectivity index (χ4n) is 10.7. The Bertz CT molecular complexity index is 3730. The zero-order valence-electron chi connectivity index (χ0n) is 37.0. The first-order chi connectivity index (χ1) is 33.7. The molecule has 13 rings (SSSR count). The molecule has 0 unspecified atom stereocenters. The van der Waals surface area contributed by atoms with E-state index < -0.39 is 8.07 Å². The third kappa shape index (κ3) is 6.39. The van der Waals surface area contributed by atoms with Crippen molar-refractivity contribution in [2.75, 3.05) is 0 Å². The topological polar surface area (TPSA) is 43.6 Å². The summed E-state index contributed by atoms with van der Waals surface area (Å²) in [6.45, 7) is 0. The molecular formula is C63H42N4Si. The van der Waals surface area contributed by atoms with Crippen molar-refractivity contribution >= 4 is 50.6 Å². The standard InChI is InChI=1S/C63H42N4Si/c1-5-19-44(20-6-1)61-64-62(45-21-7-2-8-22-45)66-63(65-61)46-37-35-43(36-38-46)47-39-40-58-56(42-47)53-29-13-15-33-57(53)67(58)49-24-17-23-48(41-49)52-31-18-32-55-54-30-14-16-34-59(54)68(60(52)55,50-25-9-3-10-26-50)51-27-11-4-12-28-51/h1-42H. The number of fused-ring (bicyclic) bond motifs is 6. The molecule has 0 spiro atoms. The molecule has 0 atom stereocenters. The van der Waals surface area contributed by atoms with E-state index in [1.807, 2.05) is 60.7 Å². The van der Waals surface area contributed by atoms with Gasteiger partial charge in [0.25, 0.3) is 0 Å². The van der Waals surface area contributed by atoms with Gasteiger partial charge in [0.05, 0.1) is 11.0 Å². The third-order valence-electron chi connectivity index (χ3n) is 13.7. The van der Waals surface area contributed by atoms with E-state index in [2.05, 4.69) is 199 Å². The number of benzene rings is 10. The average Bonchev–Trinajstić information content (AvgIpc) is 3.92. The fourth-order valence-corrected chi connectivity index (χ4v) is 16.1. The molecule has 1 aliphatic rings. The van der Waals surface area contributed by atoms with Gasteiger partial charge in [0.1, 0.15) is 0 Å². The largest absolute Gasteiger partial charge is 0.309 e. The van der Waals surface area contributed by atoms with Crippen LogP contribution in [0.1, 0.15) is 0 Å². The number of aromatic nitrogens is 4. The molecule has 0 radical (unpaired) electrons. The molecule has 0 N–H and O–H groups in total. The first kappa shape index (κ1) is 39.6. The second-order valence-corrected chi connectivity index (χ2v) is 21.2. The lowest BCUT2D eigenvalue weighted by Crippen LogP contribution is -2.73. The molecule has 12 aromatic rings. The summed E-state index contributed by atoms with van der Waals surface area (Å²) in [6.07, 6.45) is 0. The minimum absolute atomic E-state index is 0.642. The van der Waals surface area contributed by atoms with Crippen LogP contribution in [-0.4, -0.2) is 27.6 Å². The number of nitrogens with zero attached hydrogens (tertiary/aromatic N) is 4. The molecule has 318 valence electrons. The Morgan fingerprint density at radius 1 is 0.294 bits per heavy atom. The maximum Gasteiger partial charge on any atom is 0.181 e. The van der Waals surface area contributed by atoms with Crippen molar-refractivity contribution in [3.05, 3.63) is 255 Å². The summed E-state index contributed by atoms with van der Waals surface area (Å²) >= 11 is 0. The lowest BCUT2D eigenvalue weighted by Gasteiger charge is -2.33. The van der Waals surface area contributed by atoms with Gasteiger partial charge in [-0.3, -0.25) is 0 Å². The molecule has 68 heavy (non-hydrogen) atoms. The van der Waals surface area contributed by atoms with Crippen LogP contribution in [0.4, 0.5) is 0 Å². The molecule has 0 aliphatic carbocycles. The van der Waals surface area contributed by atoms with Gasteiger partial charge in [-0.2, -0.15) is 0 Å². The maximum atomic E-state index is 4.97. The quantitative estimate of drug-likeness (QED) is 0.143. The smallest absolute Gasteiger partial charge is 0.181 e. The van der Waals surface area contributed by atoms with Crippen LogP contribution in [0.2, 0.25) is 0 Å². The minimum atomic E-state index is -2.74. The summed E-state index contributed by atoms with van der Waals surface area (Å²) in [4.78, 5) is 14.8. The summed E-state index contributed by atoms with van der Waals surface area (Å²) < 4.78 is 2.44. The molecule has 10 aromatic carbocycles. The van der Waals surface area contributed by atoms with Crippen LogP contribution < -0.4 is 20.7 Å². The van der Waals surface area contributed by atoms with E-state index in [4.69, 9.17) is 15.0 Å². The summed E-state index contributed by atoms with van der Waals surface area (Å²) in [5, 5.41) is 8.12. The van der Waals surface area contributed by atoms with Crippen molar-refractivity contribution in [3.8, 4) is 73.2 Å². The van der Waals surface area contributed by atoms with E-state index in [0.29, 0.717) is 17.5 Å². The first-order valence-electron chi connectivity index (χ1n) is 23.2. The van der Waals surface area contributed by atoms with E-state index in [9.17, 15) is 0 Å². The van der Waals surface area contributed by atoms with Crippen LogP contribution in [0.15, 0.2) is 255 Å². The third-order valence-corrected chi connectivity index (χ3v) is 18.7. The summed E-state index contributed by atoms with van der Waals surface area (Å²) in [6, 6.07) is 92.3. The lowest BCUT2D eigenvalue weighted by atomic mass is 9.98.